The Labute approximate surface area is 136 Å². The van der Waals surface area contributed by atoms with E-state index in [2.05, 4.69) is 9.97 Å². The number of aromatic nitrogens is 2. The lowest BCUT2D eigenvalue weighted by Crippen LogP contribution is -2.22. The van der Waals surface area contributed by atoms with E-state index in [0.717, 1.165) is 27.9 Å². The van der Waals surface area contributed by atoms with Crippen molar-refractivity contribution in [3.05, 3.63) is 52.1 Å². The molecule has 3 rings (SSSR count). The van der Waals surface area contributed by atoms with Crippen molar-refractivity contribution in [1.29, 1.82) is 0 Å². The summed E-state index contributed by atoms with van der Waals surface area (Å²) in [5.74, 6) is -1.11. The molecule has 0 aliphatic carbocycles. The Morgan fingerprint density at radius 2 is 2.09 bits per heavy atom. The highest BCUT2D eigenvalue weighted by Gasteiger charge is 2.17. The predicted molar refractivity (Wildman–Crippen MR) is 84.9 cm³/mol. The van der Waals surface area contributed by atoms with E-state index >= 15 is 0 Å². The number of halogens is 2. The summed E-state index contributed by atoms with van der Waals surface area (Å²) >= 11 is 12.3. The molecule has 6 heteroatoms. The molecule has 0 radical (unpaired) electrons. The maximum atomic E-state index is 10.8. The fraction of sp³-hybridized carbons (Fsp3) is 0.125. The van der Waals surface area contributed by atoms with Crippen LogP contribution in [-0.2, 0) is 11.2 Å². The number of carboxylic acids is 1. The van der Waals surface area contributed by atoms with E-state index in [1.807, 2.05) is 18.2 Å². The predicted octanol–water partition coefficient (Wildman–Crippen LogP) is 3.22. The topological polar surface area (TPSA) is 68.8 Å². The number of aromatic amines is 1. The van der Waals surface area contributed by atoms with Crippen LogP contribution in [0.1, 0.15) is 12.0 Å². The maximum Gasteiger partial charge on any atom is 0.0867 e. The lowest BCUT2D eigenvalue weighted by molar-refractivity contribution is -0.305. The number of carbonyl (C=O) groups is 1. The van der Waals surface area contributed by atoms with E-state index in [4.69, 9.17) is 23.2 Å². The van der Waals surface area contributed by atoms with Gasteiger partial charge in [0.15, 0.2) is 0 Å². The third kappa shape index (κ3) is 2.80. The number of carbonyl (C=O) groups excluding carboxylic acids is 1. The highest BCUT2D eigenvalue weighted by Crippen LogP contribution is 2.36. The van der Waals surface area contributed by atoms with Crippen LogP contribution in [-0.4, -0.2) is 15.9 Å². The van der Waals surface area contributed by atoms with E-state index in [1.165, 1.54) is 0 Å². The number of aryl methyl sites for hydroxylation is 1. The largest absolute Gasteiger partial charge is 0.550 e. The van der Waals surface area contributed by atoms with Gasteiger partial charge in [0.2, 0.25) is 0 Å². The second-order valence-corrected chi connectivity index (χ2v) is 5.72. The SMILES string of the molecule is O=C([O-])CCc1c(-c2ccccn2)[nH]c2cc(Cl)cc(Cl)c12. The van der Waals surface area contributed by atoms with Gasteiger partial charge in [0.25, 0.3) is 0 Å². The van der Waals surface area contributed by atoms with Gasteiger partial charge in [-0.05, 0) is 42.7 Å². The highest BCUT2D eigenvalue weighted by molar-refractivity contribution is 6.39. The fourth-order valence-corrected chi connectivity index (χ4v) is 3.13. The van der Waals surface area contributed by atoms with Gasteiger partial charge < -0.3 is 14.9 Å². The summed E-state index contributed by atoms with van der Waals surface area (Å²) in [4.78, 5) is 18.4. The number of aliphatic carboxylic acids is 1. The van der Waals surface area contributed by atoms with Gasteiger partial charge in [-0.3, -0.25) is 4.98 Å². The molecule has 2 heterocycles. The van der Waals surface area contributed by atoms with Crippen molar-refractivity contribution >= 4 is 40.1 Å². The van der Waals surface area contributed by atoms with Gasteiger partial charge in [0, 0.05) is 28.1 Å². The van der Waals surface area contributed by atoms with Crippen LogP contribution in [0.15, 0.2) is 36.5 Å². The molecule has 4 nitrogen and oxygen atoms in total. The first-order valence-corrected chi connectivity index (χ1v) is 7.42. The Bertz CT molecular complexity index is 844. The highest BCUT2D eigenvalue weighted by atomic mass is 35.5. The standard InChI is InChI=1S/C16H12Cl2N2O2/c17-9-7-11(18)15-10(4-5-14(21)22)16(20-13(15)8-9)12-3-1-2-6-19-12/h1-3,6-8,20H,4-5H2,(H,21,22)/p-1. The molecule has 1 aromatic carbocycles. The van der Waals surface area contributed by atoms with Crippen molar-refractivity contribution in [2.75, 3.05) is 0 Å². The average Bonchev–Trinajstić information content (AvgIpc) is 2.84. The Hall–Kier alpha value is -2.04. The zero-order chi connectivity index (χ0) is 15.7. The third-order valence-electron chi connectivity index (χ3n) is 3.42. The van der Waals surface area contributed by atoms with Crippen molar-refractivity contribution < 1.29 is 9.90 Å². The van der Waals surface area contributed by atoms with Gasteiger partial charge in [0.05, 0.1) is 16.4 Å². The minimum absolute atomic E-state index is 0.0915. The average molecular weight is 334 g/mol. The number of carboxylic acid groups (broad SMARTS) is 1. The maximum absolute atomic E-state index is 10.8. The van der Waals surface area contributed by atoms with Crippen LogP contribution in [0.25, 0.3) is 22.3 Å². The summed E-state index contributed by atoms with van der Waals surface area (Å²) in [6.45, 7) is 0. The van der Waals surface area contributed by atoms with Crippen molar-refractivity contribution in [1.82, 2.24) is 9.97 Å². The molecule has 0 aliphatic heterocycles. The number of pyridine rings is 1. The van der Waals surface area contributed by atoms with Crippen LogP contribution in [0, 0.1) is 0 Å². The number of hydrogen-bond donors (Lipinski definition) is 1. The van der Waals surface area contributed by atoms with Crippen LogP contribution in [0.5, 0.6) is 0 Å². The Balaban J connectivity index is 2.24. The van der Waals surface area contributed by atoms with E-state index in [-0.39, 0.29) is 6.42 Å². The molecule has 0 unspecified atom stereocenters. The number of benzene rings is 1. The zero-order valence-electron chi connectivity index (χ0n) is 11.4. The summed E-state index contributed by atoms with van der Waals surface area (Å²) in [5.41, 5.74) is 3.03. The molecule has 0 spiro atoms. The molecule has 0 bridgehead atoms. The lowest BCUT2D eigenvalue weighted by Gasteiger charge is -2.06. The lowest BCUT2D eigenvalue weighted by atomic mass is 10.0. The number of nitrogens with one attached hydrogen (secondary N) is 1. The normalized spacial score (nSPS) is 11.0. The van der Waals surface area contributed by atoms with Crippen LogP contribution in [0.4, 0.5) is 0 Å². The van der Waals surface area contributed by atoms with E-state index < -0.39 is 5.97 Å². The van der Waals surface area contributed by atoms with Gasteiger partial charge >= 0.3 is 0 Å². The zero-order valence-corrected chi connectivity index (χ0v) is 12.9. The second kappa shape index (κ2) is 5.99. The van der Waals surface area contributed by atoms with Crippen LogP contribution >= 0.6 is 23.2 Å². The molecule has 0 saturated heterocycles. The molecule has 0 fully saturated rings. The van der Waals surface area contributed by atoms with Crippen molar-refractivity contribution in [2.45, 2.75) is 12.8 Å². The molecule has 3 aromatic rings. The molecule has 0 aliphatic rings. The number of hydrogen-bond acceptors (Lipinski definition) is 3. The first kappa shape index (κ1) is 14.9. The molecular weight excluding hydrogens is 323 g/mol. The smallest absolute Gasteiger partial charge is 0.0867 e. The molecule has 112 valence electrons. The number of nitrogens with zero attached hydrogens (tertiary/aromatic N) is 1. The van der Waals surface area contributed by atoms with Crippen LogP contribution < -0.4 is 5.11 Å². The summed E-state index contributed by atoms with van der Waals surface area (Å²) in [7, 11) is 0. The van der Waals surface area contributed by atoms with Crippen LogP contribution in [0.3, 0.4) is 0 Å². The molecular formula is C16H11Cl2N2O2-. The summed E-state index contributed by atoms with van der Waals surface area (Å²) in [5, 5.41) is 12.6. The van der Waals surface area contributed by atoms with Gasteiger partial charge in [-0.1, -0.05) is 29.3 Å². The monoisotopic (exact) mass is 333 g/mol. The third-order valence-corrected chi connectivity index (χ3v) is 3.93. The van der Waals surface area contributed by atoms with Gasteiger partial charge in [-0.2, -0.15) is 0 Å². The Kier molecular flexibility index (Phi) is 4.05. The van der Waals surface area contributed by atoms with Crippen molar-refractivity contribution in [3.8, 4) is 11.4 Å². The summed E-state index contributed by atoms with van der Waals surface area (Å²) in [6, 6.07) is 8.94. The fourth-order valence-electron chi connectivity index (χ4n) is 2.52. The number of H-pyrrole nitrogens is 1. The van der Waals surface area contributed by atoms with Gasteiger partial charge in [-0.25, -0.2) is 0 Å². The minimum atomic E-state index is -1.11. The summed E-state index contributed by atoms with van der Waals surface area (Å²) in [6.07, 6.45) is 1.89. The second-order valence-electron chi connectivity index (χ2n) is 4.88. The molecule has 1 N–H and O–H groups in total. The van der Waals surface area contributed by atoms with E-state index in [1.54, 1.807) is 18.3 Å². The number of fused-ring (bicyclic) bond motifs is 1. The summed E-state index contributed by atoms with van der Waals surface area (Å²) < 4.78 is 0. The molecule has 0 amide bonds. The van der Waals surface area contributed by atoms with Crippen molar-refractivity contribution in [3.63, 3.8) is 0 Å². The quantitative estimate of drug-likeness (QED) is 0.796. The molecule has 22 heavy (non-hydrogen) atoms. The number of rotatable bonds is 4. The van der Waals surface area contributed by atoms with E-state index in [9.17, 15) is 9.90 Å². The molecule has 2 aromatic heterocycles. The Morgan fingerprint density at radius 1 is 1.27 bits per heavy atom. The first-order chi connectivity index (χ1) is 10.6. The van der Waals surface area contributed by atoms with Gasteiger partial charge in [-0.15, -0.1) is 0 Å². The van der Waals surface area contributed by atoms with Gasteiger partial charge in [0.1, 0.15) is 0 Å². The molecule has 0 atom stereocenters. The van der Waals surface area contributed by atoms with Crippen LogP contribution in [0.2, 0.25) is 10.0 Å². The Morgan fingerprint density at radius 3 is 2.77 bits per heavy atom. The first-order valence-electron chi connectivity index (χ1n) is 6.67. The minimum Gasteiger partial charge on any atom is -0.550 e. The molecule has 0 saturated carbocycles. The van der Waals surface area contributed by atoms with Crippen molar-refractivity contribution in [2.24, 2.45) is 0 Å². The van der Waals surface area contributed by atoms with E-state index in [0.29, 0.717) is 16.5 Å².